The van der Waals surface area contributed by atoms with Gasteiger partial charge >= 0.3 is 0 Å². The molecule has 2 rings (SSSR count). The lowest BCUT2D eigenvalue weighted by molar-refractivity contribution is -0.123. The van der Waals surface area contributed by atoms with Crippen LogP contribution in [0.4, 0.5) is 0 Å². The van der Waals surface area contributed by atoms with Gasteiger partial charge in [0, 0.05) is 13.1 Å². The molecule has 1 aliphatic heterocycles. The largest absolute Gasteiger partial charge is 0.379 e. The number of amides is 1. The van der Waals surface area contributed by atoms with E-state index < -0.39 is 5.41 Å². The van der Waals surface area contributed by atoms with Gasteiger partial charge in [0.1, 0.15) is 0 Å². The lowest BCUT2D eigenvalue weighted by Gasteiger charge is -2.32. The fourth-order valence-electron chi connectivity index (χ4n) is 3.10. The Morgan fingerprint density at radius 2 is 1.83 bits per heavy atom. The molecule has 1 aliphatic rings. The molecule has 1 aromatic carbocycles. The van der Waals surface area contributed by atoms with Crippen LogP contribution in [0.25, 0.3) is 0 Å². The number of carbonyl (C=O) groups excluding carboxylic acids is 1. The molecule has 0 saturated carbocycles. The minimum absolute atomic E-state index is 0. The zero-order valence-electron chi connectivity index (χ0n) is 15.1. The van der Waals surface area contributed by atoms with Crippen LogP contribution >= 0.6 is 12.4 Å². The van der Waals surface area contributed by atoms with E-state index in [9.17, 15) is 4.79 Å². The van der Waals surface area contributed by atoms with Crippen molar-refractivity contribution < 1.29 is 9.53 Å². The van der Waals surface area contributed by atoms with Gasteiger partial charge in [0.05, 0.1) is 18.6 Å². The topological polar surface area (TPSA) is 55.6 Å². The maximum Gasteiger partial charge on any atom is 0.227 e. The van der Waals surface area contributed by atoms with Gasteiger partial charge in [-0.05, 0) is 43.4 Å². The fraction of sp³-hybridized carbons (Fsp3) is 0.632. The smallest absolute Gasteiger partial charge is 0.227 e. The number of hydrogen-bond acceptors (Lipinski definition) is 3. The molecule has 0 radical (unpaired) electrons. The number of primary amides is 1. The molecular formula is C19H31ClN2O2. The Morgan fingerprint density at radius 1 is 1.25 bits per heavy atom. The minimum atomic E-state index is -0.616. The second kappa shape index (κ2) is 9.40. The Morgan fingerprint density at radius 3 is 2.33 bits per heavy atom. The molecule has 1 heterocycles. The summed E-state index contributed by atoms with van der Waals surface area (Å²) in [4.78, 5) is 14.5. The maximum atomic E-state index is 12.1. The molecule has 5 heteroatoms. The number of nitrogens with two attached hydrogens (primary N) is 1. The van der Waals surface area contributed by atoms with E-state index >= 15 is 0 Å². The Hall–Kier alpha value is -1.10. The summed E-state index contributed by atoms with van der Waals surface area (Å²) in [7, 11) is 0. The zero-order valence-corrected chi connectivity index (χ0v) is 15.9. The van der Waals surface area contributed by atoms with Crippen molar-refractivity contribution in [2.75, 3.05) is 32.8 Å². The average Bonchev–Trinajstić information content (AvgIpc) is 2.53. The molecule has 2 N–H and O–H groups in total. The number of rotatable bonds is 7. The predicted molar refractivity (Wildman–Crippen MR) is 101 cm³/mol. The first-order valence-electron chi connectivity index (χ1n) is 8.61. The van der Waals surface area contributed by atoms with Gasteiger partial charge in [0.25, 0.3) is 0 Å². The number of ether oxygens (including phenoxy) is 1. The molecule has 0 aromatic heterocycles. The van der Waals surface area contributed by atoms with Crippen LogP contribution in [0.15, 0.2) is 24.3 Å². The summed E-state index contributed by atoms with van der Waals surface area (Å²) >= 11 is 0. The monoisotopic (exact) mass is 354 g/mol. The SMILES string of the molecule is CC(C)Cc1ccc([C@@](C)(CCN2CCOCC2)C(N)=O)cc1.Cl. The third kappa shape index (κ3) is 5.47. The van der Waals surface area contributed by atoms with Crippen molar-refractivity contribution >= 4 is 18.3 Å². The van der Waals surface area contributed by atoms with Gasteiger partial charge in [-0.3, -0.25) is 9.69 Å². The van der Waals surface area contributed by atoms with Gasteiger partial charge in [-0.1, -0.05) is 38.1 Å². The highest BCUT2D eigenvalue weighted by Gasteiger charge is 2.33. The van der Waals surface area contributed by atoms with E-state index in [1.165, 1.54) is 5.56 Å². The van der Waals surface area contributed by atoms with E-state index in [2.05, 4.69) is 43.0 Å². The number of hydrogen-bond donors (Lipinski definition) is 1. The summed E-state index contributed by atoms with van der Waals surface area (Å²) < 4.78 is 5.38. The quantitative estimate of drug-likeness (QED) is 0.819. The van der Waals surface area contributed by atoms with Gasteiger partial charge in [-0.2, -0.15) is 0 Å². The van der Waals surface area contributed by atoms with Gasteiger partial charge in [-0.15, -0.1) is 12.4 Å². The Labute approximate surface area is 152 Å². The molecule has 4 nitrogen and oxygen atoms in total. The van der Waals surface area contributed by atoms with Crippen LogP contribution in [0, 0.1) is 5.92 Å². The molecule has 1 fully saturated rings. The van der Waals surface area contributed by atoms with E-state index in [0.717, 1.165) is 51.3 Å². The number of halogens is 1. The first-order chi connectivity index (χ1) is 10.9. The van der Waals surface area contributed by atoms with Crippen molar-refractivity contribution in [2.24, 2.45) is 11.7 Å². The van der Waals surface area contributed by atoms with Crippen LogP contribution in [-0.2, 0) is 21.4 Å². The van der Waals surface area contributed by atoms with Gasteiger partial charge in [0.15, 0.2) is 0 Å². The Kier molecular flexibility index (Phi) is 8.20. The zero-order chi connectivity index (χ0) is 16.9. The molecular weight excluding hydrogens is 324 g/mol. The van der Waals surface area contributed by atoms with E-state index in [4.69, 9.17) is 10.5 Å². The molecule has 1 amide bonds. The van der Waals surface area contributed by atoms with Crippen molar-refractivity contribution in [1.29, 1.82) is 0 Å². The van der Waals surface area contributed by atoms with Crippen molar-refractivity contribution in [2.45, 2.75) is 39.0 Å². The van der Waals surface area contributed by atoms with Crippen LogP contribution in [0.3, 0.4) is 0 Å². The number of carbonyl (C=O) groups is 1. The second-order valence-corrected chi connectivity index (χ2v) is 7.20. The van der Waals surface area contributed by atoms with E-state index in [0.29, 0.717) is 5.92 Å². The number of benzene rings is 1. The van der Waals surface area contributed by atoms with Gasteiger partial charge < -0.3 is 10.5 Å². The van der Waals surface area contributed by atoms with Crippen molar-refractivity contribution in [3.05, 3.63) is 35.4 Å². The van der Waals surface area contributed by atoms with Crippen molar-refractivity contribution in [3.63, 3.8) is 0 Å². The molecule has 1 atom stereocenters. The van der Waals surface area contributed by atoms with Gasteiger partial charge in [-0.25, -0.2) is 0 Å². The standard InChI is InChI=1S/C19H30N2O2.ClH/c1-15(2)14-16-4-6-17(7-5-16)19(3,18(20)22)8-9-21-10-12-23-13-11-21;/h4-7,15H,8-14H2,1-3H3,(H2,20,22);1H/t19-;/m1./s1. The molecule has 0 spiro atoms. The van der Waals surface area contributed by atoms with E-state index in [1.54, 1.807) is 0 Å². The average molecular weight is 355 g/mol. The third-order valence-corrected chi connectivity index (χ3v) is 4.81. The molecule has 24 heavy (non-hydrogen) atoms. The highest BCUT2D eigenvalue weighted by molar-refractivity contribution is 5.86. The number of morpholine rings is 1. The van der Waals surface area contributed by atoms with Crippen LogP contribution < -0.4 is 5.73 Å². The first kappa shape index (κ1) is 20.9. The molecule has 136 valence electrons. The molecule has 1 saturated heterocycles. The molecule has 0 bridgehead atoms. The molecule has 0 unspecified atom stereocenters. The maximum absolute atomic E-state index is 12.1. The van der Waals surface area contributed by atoms with E-state index in [-0.39, 0.29) is 18.3 Å². The van der Waals surface area contributed by atoms with Crippen LogP contribution in [-0.4, -0.2) is 43.7 Å². The first-order valence-corrected chi connectivity index (χ1v) is 8.61. The summed E-state index contributed by atoms with van der Waals surface area (Å²) in [5, 5.41) is 0. The normalized spacial score (nSPS) is 18.0. The Bertz CT molecular complexity index is 513. The van der Waals surface area contributed by atoms with E-state index in [1.807, 2.05) is 6.92 Å². The highest BCUT2D eigenvalue weighted by Crippen LogP contribution is 2.28. The van der Waals surface area contributed by atoms with Crippen molar-refractivity contribution in [3.8, 4) is 0 Å². The fourth-order valence-corrected chi connectivity index (χ4v) is 3.10. The van der Waals surface area contributed by atoms with Crippen LogP contribution in [0.2, 0.25) is 0 Å². The summed E-state index contributed by atoms with van der Waals surface area (Å²) in [6.45, 7) is 10.7. The summed E-state index contributed by atoms with van der Waals surface area (Å²) in [5.74, 6) is 0.382. The summed E-state index contributed by atoms with van der Waals surface area (Å²) in [6, 6.07) is 8.40. The lowest BCUT2D eigenvalue weighted by Crippen LogP contribution is -2.44. The lowest BCUT2D eigenvalue weighted by atomic mass is 9.78. The summed E-state index contributed by atoms with van der Waals surface area (Å²) in [5.41, 5.74) is 7.47. The number of nitrogens with zero attached hydrogens (tertiary/aromatic N) is 1. The second-order valence-electron chi connectivity index (χ2n) is 7.20. The predicted octanol–water partition coefficient (Wildman–Crippen LogP) is 2.77. The molecule has 1 aromatic rings. The minimum Gasteiger partial charge on any atom is -0.379 e. The van der Waals surface area contributed by atoms with Crippen LogP contribution in [0.5, 0.6) is 0 Å². The summed E-state index contributed by atoms with van der Waals surface area (Å²) in [6.07, 6.45) is 1.80. The molecule has 0 aliphatic carbocycles. The van der Waals surface area contributed by atoms with Gasteiger partial charge in [0.2, 0.25) is 5.91 Å². The Balaban J connectivity index is 0.00000288. The highest BCUT2D eigenvalue weighted by atomic mass is 35.5. The third-order valence-electron chi connectivity index (χ3n) is 4.81. The van der Waals surface area contributed by atoms with Crippen LogP contribution in [0.1, 0.15) is 38.3 Å². The van der Waals surface area contributed by atoms with Crippen molar-refractivity contribution in [1.82, 2.24) is 4.90 Å².